The first-order valence-corrected chi connectivity index (χ1v) is 7.01. The molecular weight excluding hydrogens is 275 g/mol. The Balaban J connectivity index is 1.87. The molecule has 1 aliphatic carbocycles. The van der Waals surface area contributed by atoms with Gasteiger partial charge in [-0.1, -0.05) is 12.8 Å². The van der Waals surface area contributed by atoms with Crippen LogP contribution >= 0.6 is 0 Å². The van der Waals surface area contributed by atoms with Crippen LogP contribution in [0, 0.1) is 5.92 Å². The minimum atomic E-state index is -4.33. The third kappa shape index (κ3) is 3.85. The minimum Gasteiger partial charge on any atom is -0.480 e. The van der Waals surface area contributed by atoms with Crippen molar-refractivity contribution in [2.75, 3.05) is 19.8 Å². The van der Waals surface area contributed by atoms with Gasteiger partial charge < -0.3 is 9.84 Å². The molecule has 1 heterocycles. The highest BCUT2D eigenvalue weighted by molar-refractivity contribution is 5.74. The number of halogens is 3. The van der Waals surface area contributed by atoms with E-state index in [-0.39, 0.29) is 19.2 Å². The molecule has 3 unspecified atom stereocenters. The molecule has 116 valence electrons. The molecule has 20 heavy (non-hydrogen) atoms. The summed E-state index contributed by atoms with van der Waals surface area (Å²) in [5, 5.41) is 9.25. The van der Waals surface area contributed by atoms with E-state index in [1.165, 1.54) is 0 Å². The highest BCUT2D eigenvalue weighted by Gasteiger charge is 2.44. The van der Waals surface area contributed by atoms with Gasteiger partial charge in [0, 0.05) is 12.6 Å². The fourth-order valence-electron chi connectivity index (χ4n) is 3.48. The minimum absolute atomic E-state index is 0.0769. The quantitative estimate of drug-likeness (QED) is 0.791. The van der Waals surface area contributed by atoms with Gasteiger partial charge in [0.15, 0.2) is 0 Å². The summed E-state index contributed by atoms with van der Waals surface area (Å²) in [5.74, 6) is -0.511. The number of ether oxygens (including phenoxy) is 1. The first-order chi connectivity index (χ1) is 9.38. The zero-order chi connectivity index (χ0) is 14.8. The van der Waals surface area contributed by atoms with Crippen LogP contribution < -0.4 is 0 Å². The molecule has 1 saturated carbocycles. The van der Waals surface area contributed by atoms with Crippen LogP contribution in [0.25, 0.3) is 0 Å². The normalized spacial score (nSPS) is 31.2. The summed E-state index contributed by atoms with van der Waals surface area (Å²) in [5.41, 5.74) is 0. The van der Waals surface area contributed by atoms with Gasteiger partial charge in [-0.25, -0.2) is 0 Å². The summed E-state index contributed by atoms with van der Waals surface area (Å²) in [4.78, 5) is 13.1. The van der Waals surface area contributed by atoms with E-state index in [1.54, 1.807) is 0 Å². The Morgan fingerprint density at radius 3 is 2.65 bits per heavy atom. The van der Waals surface area contributed by atoms with Crippen molar-refractivity contribution in [3.63, 3.8) is 0 Å². The molecule has 0 aromatic rings. The Bertz CT molecular complexity index is 348. The molecule has 7 heteroatoms. The number of carbonyl (C=O) groups is 1. The number of carboxylic acids is 1. The van der Waals surface area contributed by atoms with Crippen LogP contribution in [0.15, 0.2) is 0 Å². The average molecular weight is 295 g/mol. The molecule has 2 rings (SSSR count). The largest absolute Gasteiger partial charge is 0.480 e. The summed E-state index contributed by atoms with van der Waals surface area (Å²) < 4.78 is 40.6. The second-order valence-electron chi connectivity index (χ2n) is 5.61. The number of fused-ring (bicyclic) bond motifs is 1. The van der Waals surface area contributed by atoms with Crippen LogP contribution in [0.1, 0.15) is 32.1 Å². The van der Waals surface area contributed by atoms with Crippen molar-refractivity contribution >= 4 is 5.97 Å². The van der Waals surface area contributed by atoms with Crippen molar-refractivity contribution in [2.45, 2.75) is 50.4 Å². The second-order valence-corrected chi connectivity index (χ2v) is 5.61. The van der Waals surface area contributed by atoms with Gasteiger partial charge in [-0.15, -0.1) is 0 Å². The van der Waals surface area contributed by atoms with Gasteiger partial charge in [0.25, 0.3) is 0 Å². The van der Waals surface area contributed by atoms with Gasteiger partial charge in [-0.05, 0) is 25.2 Å². The van der Waals surface area contributed by atoms with Crippen molar-refractivity contribution in [1.82, 2.24) is 4.90 Å². The predicted octanol–water partition coefficient (Wildman–Crippen LogP) is 2.28. The van der Waals surface area contributed by atoms with Crippen LogP contribution in [0.3, 0.4) is 0 Å². The number of carboxylic acid groups (broad SMARTS) is 1. The van der Waals surface area contributed by atoms with Gasteiger partial charge in [-0.3, -0.25) is 9.69 Å². The van der Waals surface area contributed by atoms with Gasteiger partial charge in [0.2, 0.25) is 0 Å². The molecule has 4 nitrogen and oxygen atoms in total. The van der Waals surface area contributed by atoms with Crippen LogP contribution in [0.4, 0.5) is 13.2 Å². The van der Waals surface area contributed by atoms with Crippen LogP contribution in [0.2, 0.25) is 0 Å². The number of alkyl halides is 3. The molecule has 1 N–H and O–H groups in total. The zero-order valence-electron chi connectivity index (χ0n) is 11.2. The summed E-state index contributed by atoms with van der Waals surface area (Å²) in [6.07, 6.45) is 0.422. The van der Waals surface area contributed by atoms with Crippen molar-refractivity contribution in [3.8, 4) is 0 Å². The lowest BCUT2D eigenvalue weighted by Crippen LogP contribution is -2.44. The highest BCUT2D eigenvalue weighted by atomic mass is 19.4. The van der Waals surface area contributed by atoms with E-state index in [2.05, 4.69) is 4.74 Å². The van der Waals surface area contributed by atoms with Gasteiger partial charge in [-0.2, -0.15) is 13.2 Å². The third-order valence-electron chi connectivity index (χ3n) is 4.27. The van der Waals surface area contributed by atoms with Crippen molar-refractivity contribution in [2.24, 2.45) is 5.92 Å². The summed E-state index contributed by atoms with van der Waals surface area (Å²) in [7, 11) is 0. The first kappa shape index (κ1) is 15.6. The van der Waals surface area contributed by atoms with E-state index in [9.17, 15) is 23.1 Å². The van der Waals surface area contributed by atoms with Gasteiger partial charge in [0.05, 0.1) is 6.61 Å². The lowest BCUT2D eigenvalue weighted by atomic mass is 9.85. The SMILES string of the molecule is O=C(O)C1CC2CCCCC2N1CCOCC(F)(F)F. The molecule has 3 atom stereocenters. The third-order valence-corrected chi connectivity index (χ3v) is 4.27. The highest BCUT2D eigenvalue weighted by Crippen LogP contribution is 2.39. The molecule has 2 fully saturated rings. The Kier molecular flexibility index (Phi) is 4.90. The molecule has 0 aromatic carbocycles. The molecule has 0 radical (unpaired) electrons. The maximum Gasteiger partial charge on any atom is 0.411 e. The average Bonchev–Trinajstić information content (AvgIpc) is 2.72. The fraction of sp³-hybridized carbons (Fsp3) is 0.923. The second kappa shape index (κ2) is 6.30. The molecule has 1 saturated heterocycles. The topological polar surface area (TPSA) is 49.8 Å². The van der Waals surface area contributed by atoms with E-state index < -0.39 is 24.8 Å². The van der Waals surface area contributed by atoms with Crippen LogP contribution in [-0.2, 0) is 9.53 Å². The molecular formula is C13H20F3NO3. The smallest absolute Gasteiger partial charge is 0.411 e. The van der Waals surface area contributed by atoms with Crippen molar-refractivity contribution in [1.29, 1.82) is 0 Å². The molecule has 0 aromatic heterocycles. The summed E-state index contributed by atoms with van der Waals surface area (Å²) in [6.45, 7) is -1.09. The lowest BCUT2D eigenvalue weighted by Gasteiger charge is -2.32. The summed E-state index contributed by atoms with van der Waals surface area (Å²) in [6, 6.07) is -0.378. The number of nitrogens with zero attached hydrogens (tertiary/aromatic N) is 1. The Labute approximate surface area is 115 Å². The van der Waals surface area contributed by atoms with Crippen molar-refractivity contribution < 1.29 is 27.8 Å². The zero-order valence-corrected chi connectivity index (χ0v) is 11.2. The van der Waals surface area contributed by atoms with E-state index in [0.717, 1.165) is 25.7 Å². The van der Waals surface area contributed by atoms with Crippen LogP contribution in [-0.4, -0.2) is 54.0 Å². The summed E-state index contributed by atoms with van der Waals surface area (Å²) >= 11 is 0. The lowest BCUT2D eigenvalue weighted by molar-refractivity contribution is -0.175. The number of aliphatic carboxylic acids is 1. The number of hydrogen-bond acceptors (Lipinski definition) is 3. The molecule has 0 spiro atoms. The standard InChI is InChI=1S/C13H20F3NO3/c14-13(15,16)8-20-6-5-17-10-4-2-1-3-9(10)7-11(17)12(18)19/h9-11H,1-8H2,(H,18,19). The first-order valence-electron chi connectivity index (χ1n) is 7.01. The maximum atomic E-state index is 12.0. The van der Waals surface area contributed by atoms with E-state index in [4.69, 9.17) is 0 Å². The molecule has 0 bridgehead atoms. The van der Waals surface area contributed by atoms with Gasteiger partial charge >= 0.3 is 12.1 Å². The van der Waals surface area contributed by atoms with E-state index in [0.29, 0.717) is 12.3 Å². The Morgan fingerprint density at radius 1 is 1.30 bits per heavy atom. The van der Waals surface area contributed by atoms with E-state index >= 15 is 0 Å². The monoisotopic (exact) mass is 295 g/mol. The molecule has 0 amide bonds. The number of rotatable bonds is 5. The Morgan fingerprint density at radius 2 is 2.00 bits per heavy atom. The predicted molar refractivity (Wildman–Crippen MR) is 65.4 cm³/mol. The molecule has 2 aliphatic rings. The van der Waals surface area contributed by atoms with Crippen molar-refractivity contribution in [3.05, 3.63) is 0 Å². The van der Waals surface area contributed by atoms with E-state index in [1.807, 2.05) is 4.90 Å². The molecule has 1 aliphatic heterocycles. The van der Waals surface area contributed by atoms with Gasteiger partial charge in [0.1, 0.15) is 12.6 Å². The fourth-order valence-corrected chi connectivity index (χ4v) is 3.48. The maximum absolute atomic E-state index is 12.0. The number of likely N-dealkylation sites (tertiary alicyclic amines) is 1. The number of hydrogen-bond donors (Lipinski definition) is 1. The Hall–Kier alpha value is -0.820. The van der Waals surface area contributed by atoms with Crippen LogP contribution in [0.5, 0.6) is 0 Å².